The zero-order valence-corrected chi connectivity index (χ0v) is 30.3. The number of carbonyl (C=O) groups excluding carboxylic acids is 1. The van der Waals surface area contributed by atoms with Crippen molar-refractivity contribution < 1.29 is 22.7 Å². The normalized spacial score (nSPS) is 22.5. The molecule has 2 atom stereocenters. The van der Waals surface area contributed by atoms with Gasteiger partial charge in [0.1, 0.15) is 53.2 Å². The second-order valence-electron chi connectivity index (χ2n) is 14.8. The van der Waals surface area contributed by atoms with Crippen molar-refractivity contribution in [3.05, 3.63) is 52.6 Å². The second-order valence-corrected chi connectivity index (χ2v) is 16.2. The molecule has 274 valence electrons. The highest BCUT2D eigenvalue weighted by Crippen LogP contribution is 2.47. The summed E-state index contributed by atoms with van der Waals surface area (Å²) in [6.45, 7) is 5.12. The number of rotatable bonds is 5. The minimum absolute atomic E-state index is 0.0193. The fourth-order valence-corrected chi connectivity index (χ4v) is 10.3. The Hall–Kier alpha value is -4.72. The first-order chi connectivity index (χ1) is 25.5. The van der Waals surface area contributed by atoms with E-state index in [9.17, 15) is 18.8 Å². The van der Waals surface area contributed by atoms with Crippen LogP contribution in [0.4, 0.5) is 28.8 Å². The van der Waals surface area contributed by atoms with Gasteiger partial charge in [0.25, 0.3) is 0 Å². The molecule has 1 amide bonds. The van der Waals surface area contributed by atoms with Gasteiger partial charge in [-0.3, -0.25) is 4.90 Å². The minimum Gasteiger partial charge on any atom is -0.461 e. The van der Waals surface area contributed by atoms with Gasteiger partial charge in [-0.15, -0.1) is 11.3 Å². The molecule has 12 nitrogen and oxygen atoms in total. The predicted molar refractivity (Wildman–Crippen MR) is 194 cm³/mol. The Bertz CT molecular complexity index is 2380. The fraction of sp³-hybridized carbons (Fsp3) is 0.444. The molecule has 4 saturated heterocycles. The molecule has 0 radical (unpaired) electrons. The number of likely N-dealkylation sites (tertiary alicyclic amines) is 1. The van der Waals surface area contributed by atoms with Crippen molar-refractivity contribution in [2.45, 2.75) is 50.7 Å². The zero-order valence-electron chi connectivity index (χ0n) is 28.7. The number of halogens is 4. The van der Waals surface area contributed by atoms with Crippen molar-refractivity contribution in [1.29, 1.82) is 5.26 Å². The molecule has 0 saturated carbocycles. The fourth-order valence-electron chi connectivity index (χ4n) is 9.04. The van der Waals surface area contributed by atoms with Crippen LogP contribution < -0.4 is 15.4 Å². The Kier molecular flexibility index (Phi) is 7.99. The average Bonchev–Trinajstić information content (AvgIpc) is 3.89. The zero-order chi connectivity index (χ0) is 36.8. The number of nitriles is 1. The van der Waals surface area contributed by atoms with E-state index in [1.165, 1.54) is 23.1 Å². The summed E-state index contributed by atoms with van der Waals surface area (Å²) in [5, 5.41) is 14.6. The van der Waals surface area contributed by atoms with E-state index in [2.05, 4.69) is 24.9 Å². The van der Waals surface area contributed by atoms with E-state index in [1.54, 1.807) is 17.9 Å². The topological polar surface area (TPSA) is 142 Å². The number of nitrogen functional groups attached to an aromatic ring is 1. The molecule has 4 aliphatic rings. The smallest absolute Gasteiger partial charge is 0.346 e. The van der Waals surface area contributed by atoms with Crippen LogP contribution in [0, 0.1) is 35.3 Å². The average molecular weight is 763 g/mol. The van der Waals surface area contributed by atoms with Crippen molar-refractivity contribution in [3.8, 4) is 23.2 Å². The van der Waals surface area contributed by atoms with Gasteiger partial charge in [0.15, 0.2) is 5.82 Å². The van der Waals surface area contributed by atoms with Crippen molar-refractivity contribution in [2.75, 3.05) is 56.5 Å². The largest absolute Gasteiger partial charge is 0.461 e. The number of aryl methyl sites for hydroxylation is 1. The summed E-state index contributed by atoms with van der Waals surface area (Å²) in [5.41, 5.74) is 5.49. The third-order valence-corrected chi connectivity index (χ3v) is 12.8. The van der Waals surface area contributed by atoms with E-state index in [1.807, 2.05) is 6.07 Å². The molecular weight excluding hydrogens is 729 g/mol. The molecule has 53 heavy (non-hydrogen) atoms. The maximum absolute atomic E-state index is 17.2. The Morgan fingerprint density at radius 3 is 2.77 bits per heavy atom. The number of amides is 1. The predicted octanol–water partition coefficient (Wildman–Crippen LogP) is 6.32. The highest BCUT2D eigenvalue weighted by molar-refractivity contribution is 7.23. The van der Waals surface area contributed by atoms with Crippen molar-refractivity contribution in [3.63, 3.8) is 0 Å². The summed E-state index contributed by atoms with van der Waals surface area (Å²) in [6, 6.07) is 5.92. The number of piperidine rings is 1. The number of ether oxygens (including phenoxy) is 1. The lowest BCUT2D eigenvalue weighted by molar-refractivity contribution is 0.0187. The number of anilines is 2. The highest BCUT2D eigenvalue weighted by atomic mass is 35.5. The highest BCUT2D eigenvalue weighted by Gasteiger charge is 2.50. The molecule has 9 rings (SSSR count). The van der Waals surface area contributed by atoms with Crippen molar-refractivity contribution in [2.24, 2.45) is 5.41 Å². The van der Waals surface area contributed by atoms with Gasteiger partial charge in [0.05, 0.1) is 20.8 Å². The first-order valence-corrected chi connectivity index (χ1v) is 18.7. The van der Waals surface area contributed by atoms with Crippen LogP contribution in [-0.2, 0) is 0 Å². The summed E-state index contributed by atoms with van der Waals surface area (Å²) in [5.74, 6) is -0.449. The number of alkyl halides is 1. The Labute approximate surface area is 310 Å². The van der Waals surface area contributed by atoms with Crippen LogP contribution >= 0.6 is 22.9 Å². The van der Waals surface area contributed by atoms with E-state index in [0.29, 0.717) is 56.2 Å². The van der Waals surface area contributed by atoms with Crippen LogP contribution in [0.25, 0.3) is 32.1 Å². The van der Waals surface area contributed by atoms with Crippen LogP contribution in [0.2, 0.25) is 5.02 Å². The number of benzene rings is 2. The molecule has 7 heterocycles. The molecule has 0 aliphatic carbocycles. The number of aromatic nitrogens is 5. The van der Waals surface area contributed by atoms with Gasteiger partial charge >= 0.3 is 12.0 Å². The summed E-state index contributed by atoms with van der Waals surface area (Å²) < 4.78 is 54.5. The van der Waals surface area contributed by atoms with E-state index in [4.69, 9.17) is 27.1 Å². The summed E-state index contributed by atoms with van der Waals surface area (Å²) in [6.07, 6.45) is 4.09. The van der Waals surface area contributed by atoms with Gasteiger partial charge in [-0.05, 0) is 56.8 Å². The van der Waals surface area contributed by atoms with Gasteiger partial charge in [-0.2, -0.15) is 25.0 Å². The maximum atomic E-state index is 17.2. The van der Waals surface area contributed by atoms with E-state index in [0.717, 1.165) is 43.6 Å². The number of thiophene rings is 1. The standard InChI is InChI=1S/C36H34ClF3N10O2S/c1-19-43-18-44-50(19)34(51)48-15-35(16-48)6-2-8-47(14-35)32-22-10-24(37)27(21-4-5-25(39)30-26(21)23(12-41)31(42)53-30)28(40)29(22)45-33(46-32)52-17-36-7-3-9-49(36)13-20(38)11-36/h4-5,10,18,20H,2-3,6-9,11,13-17,42H2,1H3/t20-,36+/m1/s1. The number of nitrogens with zero attached hydrogens (tertiary/aromatic N) is 9. The first kappa shape index (κ1) is 34.1. The van der Waals surface area contributed by atoms with Gasteiger partial charge in [0, 0.05) is 60.9 Å². The molecular formula is C36H34ClF3N10O2S. The van der Waals surface area contributed by atoms with Gasteiger partial charge in [-0.25, -0.2) is 22.9 Å². The lowest BCUT2D eigenvalue weighted by atomic mass is 9.73. The summed E-state index contributed by atoms with van der Waals surface area (Å²) in [4.78, 5) is 32.6. The molecule has 2 aromatic carbocycles. The maximum Gasteiger partial charge on any atom is 0.346 e. The van der Waals surface area contributed by atoms with E-state index in [-0.39, 0.29) is 66.4 Å². The van der Waals surface area contributed by atoms with Gasteiger partial charge in [-0.1, -0.05) is 17.7 Å². The SMILES string of the molecule is Cc1ncnn1C(=O)N1CC2(CCCN(c3nc(OC[C@@]45CCCN4C[C@H](F)C5)nc4c(F)c(-c5ccc(F)c6sc(N)c(C#N)c56)c(Cl)cc34)C2)C1. The molecule has 0 bridgehead atoms. The number of carbonyl (C=O) groups is 1. The number of hydrogen-bond acceptors (Lipinski definition) is 11. The Morgan fingerprint density at radius 2 is 2.00 bits per heavy atom. The molecule has 2 N–H and O–H groups in total. The lowest BCUT2D eigenvalue weighted by Crippen LogP contribution is -2.65. The molecule has 1 spiro atoms. The molecule has 5 aromatic rings. The van der Waals surface area contributed by atoms with Crippen LogP contribution in [0.1, 0.15) is 43.5 Å². The second kappa shape index (κ2) is 12.4. The van der Waals surface area contributed by atoms with Crippen LogP contribution in [0.5, 0.6) is 6.01 Å². The Morgan fingerprint density at radius 1 is 1.19 bits per heavy atom. The molecule has 17 heteroatoms. The minimum atomic E-state index is -0.960. The van der Waals surface area contributed by atoms with E-state index >= 15 is 4.39 Å². The van der Waals surface area contributed by atoms with Crippen molar-refractivity contribution >= 4 is 60.8 Å². The third kappa shape index (κ3) is 5.38. The molecule has 0 unspecified atom stereocenters. The van der Waals surface area contributed by atoms with Crippen molar-refractivity contribution in [1.82, 2.24) is 34.5 Å². The molecule has 4 fully saturated rings. The molecule has 4 aliphatic heterocycles. The third-order valence-electron chi connectivity index (χ3n) is 11.5. The van der Waals surface area contributed by atoms with Crippen LogP contribution in [0.15, 0.2) is 24.5 Å². The monoisotopic (exact) mass is 762 g/mol. The lowest BCUT2D eigenvalue weighted by Gasteiger charge is -2.54. The number of hydrogen-bond donors (Lipinski definition) is 1. The van der Waals surface area contributed by atoms with Gasteiger partial charge in [0.2, 0.25) is 0 Å². The summed E-state index contributed by atoms with van der Waals surface area (Å²) in [7, 11) is 0. The van der Waals surface area contributed by atoms with Crippen LogP contribution in [-0.4, -0.2) is 98.1 Å². The summed E-state index contributed by atoms with van der Waals surface area (Å²) >= 11 is 7.83. The number of fused-ring (bicyclic) bond motifs is 3. The van der Waals surface area contributed by atoms with Crippen LogP contribution in [0.3, 0.4) is 0 Å². The molecule has 3 aromatic heterocycles. The van der Waals surface area contributed by atoms with Gasteiger partial charge < -0.3 is 20.3 Å². The first-order valence-electron chi connectivity index (χ1n) is 17.5. The number of nitrogens with two attached hydrogens (primary N) is 1. The quantitative estimate of drug-likeness (QED) is 0.216. The Balaban J connectivity index is 1.13. The van der Waals surface area contributed by atoms with E-state index < -0.39 is 23.3 Å².